The Bertz CT molecular complexity index is 1180. The van der Waals surface area contributed by atoms with Gasteiger partial charge < -0.3 is 29.2 Å². The van der Waals surface area contributed by atoms with Gasteiger partial charge in [0.1, 0.15) is 12.4 Å². The first-order valence-corrected chi connectivity index (χ1v) is 13.3. The molecule has 0 radical (unpaired) electrons. The molecule has 0 unspecified atom stereocenters. The molecular weight excluding hydrogens is 486 g/mol. The van der Waals surface area contributed by atoms with E-state index in [2.05, 4.69) is 24.1 Å². The lowest BCUT2D eigenvalue weighted by Crippen LogP contribution is -2.47. The normalized spacial score (nSPS) is 24.2. The maximum Gasteiger partial charge on any atom is 0.257 e. The fourth-order valence-electron chi connectivity index (χ4n) is 5.06. The number of fused-ring (bicyclic) bond motifs is 2. The fraction of sp³-hybridized carbons (Fsp3) is 0.517. The average Bonchev–Trinajstić information content (AvgIpc) is 3.61. The molecule has 3 atom stereocenters. The SMILES string of the molecule is CO[C@@H]1CN(C)C(=O)c2cc(NC(=O)c3ccc4c(c3)OCO4)ccc2OC[C@H](C)N(CC2CC2)C[C@H]1C. The van der Waals surface area contributed by atoms with Crippen molar-refractivity contribution in [1.29, 1.82) is 0 Å². The van der Waals surface area contributed by atoms with E-state index in [0.717, 1.165) is 19.0 Å². The third-order valence-electron chi connectivity index (χ3n) is 7.66. The number of amides is 2. The minimum absolute atomic E-state index is 0.101. The highest BCUT2D eigenvalue weighted by atomic mass is 16.7. The van der Waals surface area contributed by atoms with E-state index in [0.29, 0.717) is 47.2 Å². The summed E-state index contributed by atoms with van der Waals surface area (Å²) in [5.41, 5.74) is 1.34. The topological polar surface area (TPSA) is 89.6 Å². The Balaban J connectivity index is 1.39. The number of nitrogens with zero attached hydrogens (tertiary/aromatic N) is 2. The van der Waals surface area contributed by atoms with Gasteiger partial charge in [-0.3, -0.25) is 14.5 Å². The van der Waals surface area contributed by atoms with Crippen LogP contribution in [0.5, 0.6) is 17.2 Å². The minimum Gasteiger partial charge on any atom is -0.491 e. The molecule has 38 heavy (non-hydrogen) atoms. The van der Waals surface area contributed by atoms with Crippen LogP contribution in [-0.2, 0) is 4.74 Å². The Kier molecular flexibility index (Phi) is 7.76. The molecule has 1 fully saturated rings. The molecule has 204 valence electrons. The number of nitrogens with one attached hydrogen (secondary N) is 1. The van der Waals surface area contributed by atoms with Crippen LogP contribution < -0.4 is 19.5 Å². The van der Waals surface area contributed by atoms with Gasteiger partial charge >= 0.3 is 0 Å². The van der Waals surface area contributed by atoms with Crippen LogP contribution in [0.2, 0.25) is 0 Å². The van der Waals surface area contributed by atoms with E-state index in [1.54, 1.807) is 55.5 Å². The largest absolute Gasteiger partial charge is 0.491 e. The van der Waals surface area contributed by atoms with Gasteiger partial charge in [-0.25, -0.2) is 0 Å². The summed E-state index contributed by atoms with van der Waals surface area (Å²) in [4.78, 5) is 30.7. The Hall–Kier alpha value is -3.30. The number of carbonyl (C=O) groups excluding carboxylic acids is 2. The van der Waals surface area contributed by atoms with Gasteiger partial charge in [0, 0.05) is 51.1 Å². The third kappa shape index (κ3) is 5.89. The second-order valence-corrected chi connectivity index (χ2v) is 10.7. The molecule has 2 aliphatic heterocycles. The van der Waals surface area contributed by atoms with Crippen molar-refractivity contribution < 1.29 is 28.5 Å². The van der Waals surface area contributed by atoms with Gasteiger partial charge in [0.25, 0.3) is 11.8 Å². The molecule has 1 N–H and O–H groups in total. The molecular formula is C29H37N3O6. The van der Waals surface area contributed by atoms with Crippen molar-refractivity contribution >= 4 is 17.5 Å². The number of ether oxygens (including phenoxy) is 4. The van der Waals surface area contributed by atoms with Crippen LogP contribution in [0.4, 0.5) is 5.69 Å². The number of methoxy groups -OCH3 is 1. The lowest BCUT2D eigenvalue weighted by Gasteiger charge is -2.36. The first-order chi connectivity index (χ1) is 18.3. The Labute approximate surface area is 224 Å². The predicted octanol–water partition coefficient (Wildman–Crippen LogP) is 3.88. The molecule has 5 rings (SSSR count). The third-order valence-corrected chi connectivity index (χ3v) is 7.66. The molecule has 0 spiro atoms. The molecule has 9 nitrogen and oxygen atoms in total. The maximum absolute atomic E-state index is 13.6. The second-order valence-electron chi connectivity index (χ2n) is 10.7. The van der Waals surface area contributed by atoms with E-state index in [9.17, 15) is 9.59 Å². The van der Waals surface area contributed by atoms with Gasteiger partial charge in [-0.05, 0) is 68.0 Å². The zero-order valence-corrected chi connectivity index (χ0v) is 22.6. The van der Waals surface area contributed by atoms with Crippen molar-refractivity contribution in [1.82, 2.24) is 9.80 Å². The number of anilines is 1. The number of benzene rings is 2. The van der Waals surface area contributed by atoms with E-state index in [-0.39, 0.29) is 36.7 Å². The molecule has 1 aliphatic carbocycles. The summed E-state index contributed by atoms with van der Waals surface area (Å²) < 4.78 is 22.8. The molecule has 1 saturated carbocycles. The van der Waals surface area contributed by atoms with Crippen LogP contribution in [0.15, 0.2) is 36.4 Å². The van der Waals surface area contributed by atoms with Gasteiger partial charge in [0.2, 0.25) is 6.79 Å². The van der Waals surface area contributed by atoms with Crippen LogP contribution >= 0.6 is 0 Å². The van der Waals surface area contributed by atoms with Crippen molar-refractivity contribution in [3.8, 4) is 17.2 Å². The van der Waals surface area contributed by atoms with Crippen LogP contribution in [-0.4, -0.2) is 81.0 Å². The van der Waals surface area contributed by atoms with Crippen molar-refractivity contribution in [2.75, 3.05) is 52.5 Å². The smallest absolute Gasteiger partial charge is 0.257 e. The van der Waals surface area contributed by atoms with Crippen LogP contribution in [0.1, 0.15) is 47.4 Å². The number of hydrogen-bond donors (Lipinski definition) is 1. The number of rotatable bonds is 5. The van der Waals surface area contributed by atoms with Crippen LogP contribution in [0.3, 0.4) is 0 Å². The molecule has 2 aromatic carbocycles. The highest BCUT2D eigenvalue weighted by Crippen LogP contribution is 2.34. The number of hydrogen-bond acceptors (Lipinski definition) is 7. The summed E-state index contributed by atoms with van der Waals surface area (Å²) in [6.45, 7) is 7.36. The Morgan fingerprint density at radius 2 is 1.79 bits per heavy atom. The lowest BCUT2D eigenvalue weighted by atomic mass is 10.0. The van der Waals surface area contributed by atoms with E-state index >= 15 is 0 Å². The van der Waals surface area contributed by atoms with Gasteiger partial charge in [0.15, 0.2) is 11.5 Å². The van der Waals surface area contributed by atoms with Gasteiger partial charge in [-0.2, -0.15) is 0 Å². The lowest BCUT2D eigenvalue weighted by molar-refractivity contribution is 0.00994. The summed E-state index contributed by atoms with van der Waals surface area (Å²) >= 11 is 0. The van der Waals surface area contributed by atoms with Crippen molar-refractivity contribution in [3.63, 3.8) is 0 Å². The summed E-state index contributed by atoms with van der Waals surface area (Å²) in [5, 5.41) is 2.90. The molecule has 9 heteroatoms. The highest BCUT2D eigenvalue weighted by Gasteiger charge is 2.32. The molecule has 2 amide bonds. The zero-order chi connectivity index (χ0) is 26.8. The Morgan fingerprint density at radius 1 is 1.03 bits per heavy atom. The number of carbonyl (C=O) groups is 2. The Morgan fingerprint density at radius 3 is 2.55 bits per heavy atom. The van der Waals surface area contributed by atoms with E-state index < -0.39 is 0 Å². The van der Waals surface area contributed by atoms with Crippen molar-refractivity contribution in [2.24, 2.45) is 11.8 Å². The monoisotopic (exact) mass is 523 g/mol. The first kappa shape index (κ1) is 26.3. The highest BCUT2D eigenvalue weighted by molar-refractivity contribution is 6.06. The van der Waals surface area contributed by atoms with E-state index in [1.807, 2.05) is 0 Å². The first-order valence-electron chi connectivity index (χ1n) is 13.3. The van der Waals surface area contributed by atoms with Gasteiger partial charge in [-0.1, -0.05) is 6.92 Å². The van der Waals surface area contributed by atoms with Crippen LogP contribution in [0, 0.1) is 11.8 Å². The predicted molar refractivity (Wildman–Crippen MR) is 143 cm³/mol. The zero-order valence-electron chi connectivity index (χ0n) is 22.6. The molecule has 0 bridgehead atoms. The van der Waals surface area contributed by atoms with Gasteiger partial charge in [-0.15, -0.1) is 0 Å². The van der Waals surface area contributed by atoms with Crippen molar-refractivity contribution in [2.45, 2.75) is 38.8 Å². The average molecular weight is 524 g/mol. The molecule has 0 aromatic heterocycles. The van der Waals surface area contributed by atoms with E-state index in [4.69, 9.17) is 18.9 Å². The maximum atomic E-state index is 13.6. The molecule has 3 aliphatic rings. The summed E-state index contributed by atoms with van der Waals surface area (Å²) in [7, 11) is 3.49. The van der Waals surface area contributed by atoms with E-state index in [1.165, 1.54) is 12.8 Å². The standard InChI is InChI=1S/C29H37N3O6/c1-18-13-32(14-20-5-6-20)19(2)16-36-24-10-8-22(12-23(24)29(34)31(3)15-27(18)35-4)30-28(33)21-7-9-25-26(11-21)38-17-37-25/h7-12,18-20,27H,5-6,13-17H2,1-4H3,(H,30,33)/t18-,19+,27-/m1/s1. The second kappa shape index (κ2) is 11.2. The quantitative estimate of drug-likeness (QED) is 0.636. The molecule has 2 aromatic rings. The number of likely N-dealkylation sites (N-methyl/N-ethyl adjacent to an activating group) is 1. The molecule has 0 saturated heterocycles. The van der Waals surface area contributed by atoms with Crippen LogP contribution in [0.25, 0.3) is 0 Å². The summed E-state index contributed by atoms with van der Waals surface area (Å²) in [5.74, 6) is 2.15. The fourth-order valence-corrected chi connectivity index (χ4v) is 5.06. The van der Waals surface area contributed by atoms with Gasteiger partial charge in [0.05, 0.1) is 11.7 Å². The molecule has 2 heterocycles. The van der Waals surface area contributed by atoms with Crippen molar-refractivity contribution in [3.05, 3.63) is 47.5 Å². The minimum atomic E-state index is -0.310. The summed E-state index contributed by atoms with van der Waals surface area (Å²) in [6, 6.07) is 10.4. The summed E-state index contributed by atoms with van der Waals surface area (Å²) in [6.07, 6.45) is 2.47.